The largest absolute Gasteiger partial charge is 0.497 e. The van der Waals surface area contributed by atoms with E-state index in [1.54, 1.807) is 7.11 Å². The summed E-state index contributed by atoms with van der Waals surface area (Å²) >= 11 is 0. The summed E-state index contributed by atoms with van der Waals surface area (Å²) in [6.45, 7) is 2.10. The number of methoxy groups -OCH3 is 1. The molecule has 2 heterocycles. The molecule has 0 atom stereocenters. The highest BCUT2D eigenvalue weighted by molar-refractivity contribution is 5.78. The molecule has 2 aliphatic rings. The quantitative estimate of drug-likeness (QED) is 0.856. The SMILES string of the molecule is COc1ccc(CNC(=O)C2CCN(c3noc(C4CC4)n3)CC2)cc1. The predicted octanol–water partition coefficient (Wildman–Crippen LogP) is 2.49. The van der Waals surface area contributed by atoms with Crippen molar-refractivity contribution in [3.63, 3.8) is 0 Å². The lowest BCUT2D eigenvalue weighted by molar-refractivity contribution is -0.125. The average Bonchev–Trinajstić information content (AvgIpc) is 3.43. The highest BCUT2D eigenvalue weighted by Crippen LogP contribution is 2.39. The normalized spacial score (nSPS) is 18.0. The average molecular weight is 356 g/mol. The Morgan fingerprint density at radius 1 is 1.23 bits per heavy atom. The minimum Gasteiger partial charge on any atom is -0.497 e. The molecule has 1 saturated heterocycles. The van der Waals surface area contributed by atoms with Gasteiger partial charge in [0.1, 0.15) is 5.75 Å². The summed E-state index contributed by atoms with van der Waals surface area (Å²) in [6.07, 6.45) is 3.92. The number of nitrogens with zero attached hydrogens (tertiary/aromatic N) is 3. The van der Waals surface area contributed by atoms with Gasteiger partial charge < -0.3 is 19.5 Å². The van der Waals surface area contributed by atoms with E-state index in [1.807, 2.05) is 24.3 Å². The molecular formula is C19H24N4O3. The van der Waals surface area contributed by atoms with Crippen LogP contribution in [0.15, 0.2) is 28.8 Å². The molecule has 1 aromatic carbocycles. The first kappa shape index (κ1) is 16.9. The van der Waals surface area contributed by atoms with Crippen LogP contribution in [0.4, 0.5) is 5.95 Å². The van der Waals surface area contributed by atoms with Crippen LogP contribution in [0.5, 0.6) is 5.75 Å². The lowest BCUT2D eigenvalue weighted by Crippen LogP contribution is -2.40. The lowest BCUT2D eigenvalue weighted by atomic mass is 9.96. The molecule has 0 spiro atoms. The molecule has 0 radical (unpaired) electrons. The van der Waals surface area contributed by atoms with Crippen molar-refractivity contribution in [3.8, 4) is 5.75 Å². The molecule has 2 fully saturated rings. The van der Waals surface area contributed by atoms with Gasteiger partial charge in [-0.25, -0.2) is 0 Å². The van der Waals surface area contributed by atoms with Gasteiger partial charge in [-0.1, -0.05) is 12.1 Å². The summed E-state index contributed by atoms with van der Waals surface area (Å²) < 4.78 is 10.5. The fraction of sp³-hybridized carbons (Fsp3) is 0.526. The third-order valence-corrected chi connectivity index (χ3v) is 5.13. The van der Waals surface area contributed by atoms with Crippen molar-refractivity contribution >= 4 is 11.9 Å². The lowest BCUT2D eigenvalue weighted by Gasteiger charge is -2.30. The fourth-order valence-electron chi connectivity index (χ4n) is 3.27. The Morgan fingerprint density at radius 3 is 2.62 bits per heavy atom. The predicted molar refractivity (Wildman–Crippen MR) is 96.1 cm³/mol. The van der Waals surface area contributed by atoms with E-state index in [2.05, 4.69) is 20.4 Å². The molecule has 26 heavy (non-hydrogen) atoms. The van der Waals surface area contributed by atoms with Crippen LogP contribution < -0.4 is 15.0 Å². The second-order valence-electron chi connectivity index (χ2n) is 7.03. The van der Waals surface area contributed by atoms with Gasteiger partial charge in [-0.2, -0.15) is 4.98 Å². The molecule has 2 aromatic rings. The van der Waals surface area contributed by atoms with Crippen LogP contribution in [0.3, 0.4) is 0 Å². The number of hydrogen-bond donors (Lipinski definition) is 1. The van der Waals surface area contributed by atoms with E-state index in [9.17, 15) is 4.79 Å². The first-order valence-electron chi connectivity index (χ1n) is 9.22. The summed E-state index contributed by atoms with van der Waals surface area (Å²) in [5, 5.41) is 7.13. The maximum atomic E-state index is 12.4. The Bertz CT molecular complexity index is 746. The summed E-state index contributed by atoms with van der Waals surface area (Å²) in [5.74, 6) is 2.88. The molecule has 7 nitrogen and oxygen atoms in total. The smallest absolute Gasteiger partial charge is 0.266 e. The zero-order valence-electron chi connectivity index (χ0n) is 15.0. The maximum absolute atomic E-state index is 12.4. The number of carbonyl (C=O) groups is 1. The Balaban J connectivity index is 1.24. The van der Waals surface area contributed by atoms with Crippen molar-refractivity contribution in [1.29, 1.82) is 0 Å². The van der Waals surface area contributed by atoms with E-state index < -0.39 is 0 Å². The van der Waals surface area contributed by atoms with E-state index in [4.69, 9.17) is 9.26 Å². The van der Waals surface area contributed by atoms with Gasteiger partial charge in [0, 0.05) is 31.5 Å². The fourth-order valence-corrected chi connectivity index (χ4v) is 3.27. The van der Waals surface area contributed by atoms with Crippen molar-refractivity contribution in [2.75, 3.05) is 25.1 Å². The van der Waals surface area contributed by atoms with Crippen molar-refractivity contribution in [1.82, 2.24) is 15.5 Å². The number of ether oxygens (including phenoxy) is 1. The van der Waals surface area contributed by atoms with Gasteiger partial charge in [0.2, 0.25) is 11.8 Å². The van der Waals surface area contributed by atoms with Crippen LogP contribution in [0.2, 0.25) is 0 Å². The van der Waals surface area contributed by atoms with Gasteiger partial charge in [-0.05, 0) is 48.5 Å². The number of hydrogen-bond acceptors (Lipinski definition) is 6. The summed E-state index contributed by atoms with van der Waals surface area (Å²) in [6, 6.07) is 7.74. The van der Waals surface area contributed by atoms with Crippen molar-refractivity contribution in [3.05, 3.63) is 35.7 Å². The van der Waals surface area contributed by atoms with Gasteiger partial charge in [-0.3, -0.25) is 4.79 Å². The summed E-state index contributed by atoms with van der Waals surface area (Å²) in [7, 11) is 1.64. The summed E-state index contributed by atoms with van der Waals surface area (Å²) in [4.78, 5) is 19.0. The standard InChI is InChI=1S/C19H24N4O3/c1-25-16-6-2-13(3-7-16)12-20-17(24)14-8-10-23(11-9-14)19-21-18(26-22-19)15-4-5-15/h2-3,6-7,14-15H,4-5,8-12H2,1H3,(H,20,24). The first-order valence-corrected chi connectivity index (χ1v) is 9.22. The second kappa shape index (κ2) is 7.35. The third kappa shape index (κ3) is 3.81. The van der Waals surface area contributed by atoms with Crippen LogP contribution in [0, 0.1) is 5.92 Å². The molecule has 7 heteroatoms. The number of nitrogens with one attached hydrogen (secondary N) is 1. The molecule has 0 unspecified atom stereocenters. The van der Waals surface area contributed by atoms with Crippen molar-refractivity contribution in [2.24, 2.45) is 5.92 Å². The first-order chi connectivity index (χ1) is 12.7. The third-order valence-electron chi connectivity index (χ3n) is 5.13. The molecule has 1 saturated carbocycles. The van der Waals surface area contributed by atoms with Gasteiger partial charge in [0.15, 0.2) is 0 Å². The molecule has 1 N–H and O–H groups in total. The number of piperidine rings is 1. The number of carbonyl (C=O) groups excluding carboxylic acids is 1. The number of benzene rings is 1. The van der Waals surface area contributed by atoms with Crippen molar-refractivity contribution < 1.29 is 14.1 Å². The van der Waals surface area contributed by atoms with Gasteiger partial charge in [0.25, 0.3) is 5.95 Å². The molecule has 0 bridgehead atoms. The second-order valence-corrected chi connectivity index (χ2v) is 7.03. The zero-order chi connectivity index (χ0) is 17.9. The van der Waals surface area contributed by atoms with E-state index >= 15 is 0 Å². The maximum Gasteiger partial charge on any atom is 0.266 e. The number of aromatic nitrogens is 2. The topological polar surface area (TPSA) is 80.5 Å². The Kier molecular flexibility index (Phi) is 4.77. The Morgan fingerprint density at radius 2 is 1.96 bits per heavy atom. The highest BCUT2D eigenvalue weighted by atomic mass is 16.5. The summed E-state index contributed by atoms with van der Waals surface area (Å²) in [5.41, 5.74) is 1.07. The molecule has 1 aromatic heterocycles. The van der Waals surface area contributed by atoms with Gasteiger partial charge in [-0.15, -0.1) is 0 Å². The molecule has 1 amide bonds. The van der Waals surface area contributed by atoms with E-state index in [0.717, 1.165) is 56.0 Å². The molecule has 1 aliphatic carbocycles. The van der Waals surface area contributed by atoms with Crippen LogP contribution in [0.1, 0.15) is 43.1 Å². The van der Waals surface area contributed by atoms with E-state index in [-0.39, 0.29) is 11.8 Å². The molecule has 138 valence electrons. The molecular weight excluding hydrogens is 332 g/mol. The Hall–Kier alpha value is -2.57. The van der Waals surface area contributed by atoms with E-state index in [0.29, 0.717) is 18.4 Å². The van der Waals surface area contributed by atoms with E-state index in [1.165, 1.54) is 0 Å². The van der Waals surface area contributed by atoms with Gasteiger partial charge in [0.05, 0.1) is 7.11 Å². The minimum atomic E-state index is 0.0410. The van der Waals surface area contributed by atoms with Crippen molar-refractivity contribution in [2.45, 2.75) is 38.1 Å². The number of anilines is 1. The minimum absolute atomic E-state index is 0.0410. The zero-order valence-corrected chi connectivity index (χ0v) is 15.0. The molecule has 1 aliphatic heterocycles. The Labute approximate surface area is 152 Å². The van der Waals surface area contributed by atoms with Gasteiger partial charge >= 0.3 is 0 Å². The number of amides is 1. The molecule has 4 rings (SSSR count). The monoisotopic (exact) mass is 356 g/mol. The van der Waals surface area contributed by atoms with Crippen LogP contribution in [-0.2, 0) is 11.3 Å². The number of rotatable bonds is 6. The van der Waals surface area contributed by atoms with Crippen LogP contribution in [0.25, 0.3) is 0 Å². The highest BCUT2D eigenvalue weighted by Gasteiger charge is 2.32. The van der Waals surface area contributed by atoms with Crippen LogP contribution >= 0.6 is 0 Å². The van der Waals surface area contributed by atoms with Crippen LogP contribution in [-0.4, -0.2) is 36.2 Å².